The van der Waals surface area contributed by atoms with E-state index >= 15 is 0 Å². The first-order valence-electron chi connectivity index (χ1n) is 13.4. The topological polar surface area (TPSA) is 17.1 Å². The van der Waals surface area contributed by atoms with Crippen LogP contribution < -0.4 is 0 Å². The van der Waals surface area contributed by atoms with Crippen molar-refractivity contribution in [1.29, 1.82) is 0 Å². The van der Waals surface area contributed by atoms with Gasteiger partial charge in [-0.1, -0.05) is 67.0 Å². The molecule has 0 aromatic rings. The third kappa shape index (κ3) is 2.70. The second kappa shape index (κ2) is 6.29. The summed E-state index contributed by atoms with van der Waals surface area (Å²) in [6.45, 7) is 20.1. The van der Waals surface area contributed by atoms with Crippen LogP contribution in [-0.2, 0) is 4.79 Å². The molecule has 0 heterocycles. The van der Waals surface area contributed by atoms with Gasteiger partial charge in [0, 0.05) is 11.8 Å². The van der Waals surface area contributed by atoms with E-state index in [1.807, 2.05) is 5.57 Å². The number of fused-ring (bicyclic) bond motifs is 7. The molecule has 1 heteroatoms. The molecule has 0 saturated heterocycles. The average Bonchev–Trinajstić information content (AvgIpc) is 2.67. The van der Waals surface area contributed by atoms with E-state index in [1.54, 1.807) is 0 Å². The normalized spacial score (nSPS) is 52.8. The number of rotatable bonds is 0. The zero-order chi connectivity index (χ0) is 22.7. The summed E-state index contributed by atoms with van der Waals surface area (Å²) in [5.74, 6) is 2.58. The third-order valence-corrected chi connectivity index (χ3v) is 12.8. The lowest BCUT2D eigenvalue weighted by atomic mass is 9.34. The highest BCUT2D eigenvalue weighted by Crippen LogP contribution is 2.75. The number of carbonyl (C=O) groups is 1. The van der Waals surface area contributed by atoms with Gasteiger partial charge in [-0.15, -0.1) is 0 Å². The molecule has 5 aliphatic carbocycles. The van der Waals surface area contributed by atoms with E-state index in [1.165, 1.54) is 51.4 Å². The predicted octanol–water partition coefficient (Wildman–Crippen LogP) is 8.38. The van der Waals surface area contributed by atoms with E-state index in [0.717, 1.165) is 24.7 Å². The highest BCUT2D eigenvalue weighted by atomic mass is 16.1. The minimum absolute atomic E-state index is 0.141. The fourth-order valence-corrected chi connectivity index (χ4v) is 10.3. The van der Waals surface area contributed by atoms with Crippen LogP contribution in [0.2, 0.25) is 0 Å². The Morgan fingerprint density at radius 2 is 1.48 bits per heavy atom. The molecule has 0 bridgehead atoms. The Bertz CT molecular complexity index is 831. The Kier molecular flexibility index (Phi) is 4.51. The van der Waals surface area contributed by atoms with E-state index in [2.05, 4.69) is 61.5 Å². The van der Waals surface area contributed by atoms with Crippen molar-refractivity contribution in [2.45, 2.75) is 120 Å². The summed E-state index contributed by atoms with van der Waals surface area (Å²) in [5.41, 5.74) is 3.75. The molecule has 0 radical (unpaired) electrons. The highest BCUT2D eigenvalue weighted by molar-refractivity contribution is 5.85. The summed E-state index contributed by atoms with van der Waals surface area (Å²) in [4.78, 5) is 12.9. The van der Waals surface area contributed by atoms with E-state index in [-0.39, 0.29) is 5.41 Å². The van der Waals surface area contributed by atoms with Crippen LogP contribution in [0.15, 0.2) is 11.6 Å². The van der Waals surface area contributed by atoms with Crippen LogP contribution in [0.4, 0.5) is 0 Å². The smallest absolute Gasteiger partial charge is 0.138 e. The van der Waals surface area contributed by atoms with Gasteiger partial charge in [-0.3, -0.25) is 4.79 Å². The maximum absolute atomic E-state index is 12.9. The first-order chi connectivity index (χ1) is 14.2. The Balaban J connectivity index is 1.58. The molecule has 3 unspecified atom stereocenters. The maximum atomic E-state index is 12.9. The van der Waals surface area contributed by atoms with E-state index in [9.17, 15) is 4.79 Å². The summed E-state index contributed by atoms with van der Waals surface area (Å²) in [7, 11) is 0. The number of hydrogen-bond donors (Lipinski definition) is 0. The molecule has 0 N–H and O–H groups in total. The molecular weight excluding hydrogens is 376 g/mol. The van der Waals surface area contributed by atoms with E-state index in [0.29, 0.717) is 38.8 Å². The Labute approximate surface area is 192 Å². The molecule has 0 aliphatic heterocycles. The van der Waals surface area contributed by atoms with Gasteiger partial charge in [-0.05, 0) is 103 Å². The SMILES string of the molecule is CC1(C)CC[C@]2(C)CC[C@]3(C)C(=CCC4[C@@]5(C)CCC(=O)C(C)(C)C5CC[C@]43C)C2C1. The van der Waals surface area contributed by atoms with Gasteiger partial charge < -0.3 is 0 Å². The van der Waals surface area contributed by atoms with Gasteiger partial charge >= 0.3 is 0 Å². The second-order valence-electron chi connectivity index (χ2n) is 15.0. The monoisotopic (exact) mass is 424 g/mol. The Morgan fingerprint density at radius 3 is 2.19 bits per heavy atom. The Morgan fingerprint density at radius 1 is 0.806 bits per heavy atom. The molecule has 0 spiro atoms. The van der Waals surface area contributed by atoms with Crippen molar-refractivity contribution in [2.75, 3.05) is 0 Å². The molecule has 7 atom stereocenters. The standard InChI is InChI=1S/C30H48O/c1-25(2)15-16-27(5)17-18-29(7)20(21(27)19-25)9-10-23-28(6)13-12-24(31)26(3,4)22(28)11-14-30(23,29)8/h9,21-23H,10-19H2,1-8H3/t21?,22?,23?,27-,28+,29-,30-/m1/s1. The lowest BCUT2D eigenvalue weighted by molar-refractivity contribution is -0.184. The molecule has 174 valence electrons. The molecule has 5 aliphatic rings. The van der Waals surface area contributed by atoms with Gasteiger partial charge in [-0.25, -0.2) is 0 Å². The van der Waals surface area contributed by atoms with Gasteiger partial charge in [0.05, 0.1) is 0 Å². The first-order valence-corrected chi connectivity index (χ1v) is 13.4. The van der Waals surface area contributed by atoms with Crippen LogP contribution in [0.3, 0.4) is 0 Å². The molecule has 31 heavy (non-hydrogen) atoms. The molecule has 1 nitrogen and oxygen atoms in total. The summed E-state index contributed by atoms with van der Waals surface area (Å²) in [6.07, 6.45) is 15.5. The van der Waals surface area contributed by atoms with Crippen LogP contribution in [-0.4, -0.2) is 5.78 Å². The molecule has 0 aromatic carbocycles. The van der Waals surface area contributed by atoms with E-state index < -0.39 is 0 Å². The van der Waals surface area contributed by atoms with Crippen LogP contribution in [0.25, 0.3) is 0 Å². The molecule has 0 aromatic heterocycles. The number of Topliss-reactive ketones (excluding diaryl/α,β-unsaturated/α-hetero) is 1. The fourth-order valence-electron chi connectivity index (χ4n) is 10.3. The van der Waals surface area contributed by atoms with Crippen molar-refractivity contribution in [2.24, 2.45) is 50.2 Å². The molecule has 4 fully saturated rings. The first kappa shape index (κ1) is 22.2. The van der Waals surface area contributed by atoms with E-state index in [4.69, 9.17) is 0 Å². The van der Waals surface area contributed by atoms with Gasteiger partial charge in [0.25, 0.3) is 0 Å². The van der Waals surface area contributed by atoms with Crippen LogP contribution in [0.5, 0.6) is 0 Å². The van der Waals surface area contributed by atoms with Gasteiger partial charge in [0.15, 0.2) is 0 Å². The van der Waals surface area contributed by atoms with Crippen LogP contribution in [0, 0.1) is 50.2 Å². The summed E-state index contributed by atoms with van der Waals surface area (Å²) in [5, 5.41) is 0. The second-order valence-corrected chi connectivity index (χ2v) is 15.0. The highest BCUT2D eigenvalue weighted by Gasteiger charge is 2.67. The predicted molar refractivity (Wildman–Crippen MR) is 130 cm³/mol. The van der Waals surface area contributed by atoms with Crippen molar-refractivity contribution in [3.63, 3.8) is 0 Å². The molecular formula is C30H48O. The number of hydrogen-bond acceptors (Lipinski definition) is 1. The number of carbonyl (C=O) groups excluding carboxylic acids is 1. The maximum Gasteiger partial charge on any atom is 0.138 e. The largest absolute Gasteiger partial charge is 0.299 e. The van der Waals surface area contributed by atoms with Crippen molar-refractivity contribution < 1.29 is 4.79 Å². The zero-order valence-corrected chi connectivity index (χ0v) is 21.8. The van der Waals surface area contributed by atoms with Gasteiger partial charge in [-0.2, -0.15) is 0 Å². The third-order valence-electron chi connectivity index (χ3n) is 12.8. The van der Waals surface area contributed by atoms with Gasteiger partial charge in [0.2, 0.25) is 0 Å². The van der Waals surface area contributed by atoms with Crippen LogP contribution in [0.1, 0.15) is 120 Å². The molecule has 5 rings (SSSR count). The minimum Gasteiger partial charge on any atom is -0.299 e. The fraction of sp³-hybridized carbons (Fsp3) is 0.900. The van der Waals surface area contributed by atoms with Gasteiger partial charge in [0.1, 0.15) is 5.78 Å². The van der Waals surface area contributed by atoms with Crippen molar-refractivity contribution in [3.8, 4) is 0 Å². The minimum atomic E-state index is -0.141. The van der Waals surface area contributed by atoms with Crippen LogP contribution >= 0.6 is 0 Å². The van der Waals surface area contributed by atoms with Crippen molar-refractivity contribution >= 4 is 5.78 Å². The quantitative estimate of drug-likeness (QED) is 0.357. The Hall–Kier alpha value is -0.590. The van der Waals surface area contributed by atoms with Crippen molar-refractivity contribution in [3.05, 3.63) is 11.6 Å². The molecule has 0 amide bonds. The lowest BCUT2D eigenvalue weighted by Crippen LogP contribution is -2.64. The zero-order valence-electron chi connectivity index (χ0n) is 21.8. The lowest BCUT2D eigenvalue weighted by Gasteiger charge is -2.70. The van der Waals surface area contributed by atoms with Crippen molar-refractivity contribution in [1.82, 2.24) is 0 Å². The summed E-state index contributed by atoms with van der Waals surface area (Å²) in [6, 6.07) is 0. The number of ketones is 1. The number of allylic oxidation sites excluding steroid dienone is 2. The summed E-state index contributed by atoms with van der Waals surface area (Å²) >= 11 is 0. The summed E-state index contributed by atoms with van der Waals surface area (Å²) < 4.78 is 0. The average molecular weight is 425 g/mol. The molecule has 4 saturated carbocycles.